The van der Waals surface area contributed by atoms with E-state index in [1.165, 1.54) is 45.3 Å². The topological polar surface area (TPSA) is 15.3 Å². The number of hydrogen-bond donors (Lipinski definition) is 1. The lowest BCUT2D eigenvalue weighted by Gasteiger charge is -2.44. The van der Waals surface area contributed by atoms with Gasteiger partial charge in [-0.25, -0.2) is 0 Å². The van der Waals surface area contributed by atoms with Gasteiger partial charge >= 0.3 is 0 Å². The van der Waals surface area contributed by atoms with Crippen molar-refractivity contribution in [3.8, 4) is 0 Å². The summed E-state index contributed by atoms with van der Waals surface area (Å²) >= 11 is 0. The third-order valence-electron chi connectivity index (χ3n) is 4.81. The van der Waals surface area contributed by atoms with Crippen LogP contribution in [0.25, 0.3) is 0 Å². The first-order valence-electron chi connectivity index (χ1n) is 6.90. The predicted molar refractivity (Wildman–Crippen MR) is 69.7 cm³/mol. The van der Waals surface area contributed by atoms with Gasteiger partial charge in [-0.15, -0.1) is 0 Å². The van der Waals surface area contributed by atoms with Crippen LogP contribution < -0.4 is 5.32 Å². The lowest BCUT2D eigenvalue weighted by Crippen LogP contribution is -2.55. The van der Waals surface area contributed by atoms with Gasteiger partial charge in [-0.2, -0.15) is 0 Å². The van der Waals surface area contributed by atoms with Crippen LogP contribution in [0.4, 0.5) is 0 Å². The number of likely N-dealkylation sites (tertiary alicyclic amines) is 1. The monoisotopic (exact) mass is 224 g/mol. The second kappa shape index (κ2) is 4.30. The number of rotatable bonds is 2. The number of hydrogen-bond acceptors (Lipinski definition) is 2. The number of piperidine rings is 1. The van der Waals surface area contributed by atoms with Crippen LogP contribution in [-0.2, 0) is 0 Å². The normalized spacial score (nSPS) is 34.1. The summed E-state index contributed by atoms with van der Waals surface area (Å²) in [5, 5.41) is 3.73. The van der Waals surface area contributed by atoms with Crippen LogP contribution in [-0.4, -0.2) is 36.1 Å². The molecule has 2 aliphatic heterocycles. The van der Waals surface area contributed by atoms with Crippen LogP contribution in [0.15, 0.2) is 0 Å². The van der Waals surface area contributed by atoms with E-state index < -0.39 is 0 Å². The van der Waals surface area contributed by atoms with Crippen molar-refractivity contribution >= 4 is 0 Å². The number of nitrogens with one attached hydrogen (secondary N) is 1. The Morgan fingerprint density at radius 3 is 2.44 bits per heavy atom. The molecule has 2 fully saturated rings. The van der Waals surface area contributed by atoms with Crippen LogP contribution in [0.5, 0.6) is 0 Å². The molecule has 0 aliphatic carbocycles. The highest BCUT2D eigenvalue weighted by Gasteiger charge is 2.38. The molecule has 2 aliphatic rings. The van der Waals surface area contributed by atoms with Crippen molar-refractivity contribution in [2.45, 2.75) is 65.0 Å². The third kappa shape index (κ3) is 2.43. The summed E-state index contributed by atoms with van der Waals surface area (Å²) in [6, 6.07) is 0.679. The van der Waals surface area contributed by atoms with E-state index in [0.29, 0.717) is 17.0 Å². The highest BCUT2D eigenvalue weighted by Crippen LogP contribution is 2.34. The quantitative estimate of drug-likeness (QED) is 0.776. The Bertz CT molecular complexity index is 245. The molecular weight excluding hydrogens is 196 g/mol. The van der Waals surface area contributed by atoms with Gasteiger partial charge in [0.05, 0.1) is 0 Å². The highest BCUT2D eigenvalue weighted by atomic mass is 15.2. The summed E-state index contributed by atoms with van der Waals surface area (Å²) in [7, 11) is 0. The maximum atomic E-state index is 3.73. The highest BCUT2D eigenvalue weighted by molar-refractivity contribution is 4.95. The van der Waals surface area contributed by atoms with Gasteiger partial charge in [0.15, 0.2) is 0 Å². The smallest absolute Gasteiger partial charge is 0.0246 e. The Morgan fingerprint density at radius 2 is 1.88 bits per heavy atom. The molecule has 2 heterocycles. The fourth-order valence-electron chi connectivity index (χ4n) is 3.30. The van der Waals surface area contributed by atoms with E-state index in [0.717, 1.165) is 0 Å². The molecule has 1 N–H and O–H groups in total. The fourth-order valence-corrected chi connectivity index (χ4v) is 3.30. The minimum absolute atomic E-state index is 0.426. The summed E-state index contributed by atoms with van der Waals surface area (Å²) in [4.78, 5) is 2.69. The summed E-state index contributed by atoms with van der Waals surface area (Å²) in [6.45, 7) is 13.4. The lowest BCUT2D eigenvalue weighted by atomic mass is 9.77. The van der Waals surface area contributed by atoms with Gasteiger partial charge in [0.2, 0.25) is 0 Å². The second-order valence-electron chi connectivity index (χ2n) is 6.96. The first-order chi connectivity index (χ1) is 7.42. The molecule has 0 aromatic heterocycles. The molecule has 0 aromatic rings. The first kappa shape index (κ1) is 12.4. The Hall–Kier alpha value is -0.0800. The molecule has 1 atom stereocenters. The molecule has 0 amide bonds. The van der Waals surface area contributed by atoms with Crippen molar-refractivity contribution in [3.05, 3.63) is 0 Å². The van der Waals surface area contributed by atoms with E-state index in [1.807, 2.05) is 0 Å². The van der Waals surface area contributed by atoms with E-state index in [2.05, 4.69) is 37.9 Å². The molecule has 0 aromatic carbocycles. The van der Waals surface area contributed by atoms with E-state index in [-0.39, 0.29) is 0 Å². The van der Waals surface area contributed by atoms with Crippen LogP contribution >= 0.6 is 0 Å². The van der Waals surface area contributed by atoms with Crippen molar-refractivity contribution in [2.75, 3.05) is 19.6 Å². The van der Waals surface area contributed by atoms with Gasteiger partial charge in [0.25, 0.3) is 0 Å². The van der Waals surface area contributed by atoms with Crippen molar-refractivity contribution in [1.29, 1.82) is 0 Å². The second-order valence-corrected chi connectivity index (χ2v) is 6.96. The molecule has 94 valence electrons. The molecule has 1 unspecified atom stereocenters. The zero-order valence-electron chi connectivity index (χ0n) is 11.5. The van der Waals surface area contributed by atoms with Crippen LogP contribution in [0.2, 0.25) is 0 Å². The molecule has 0 saturated carbocycles. The van der Waals surface area contributed by atoms with Crippen molar-refractivity contribution in [1.82, 2.24) is 10.2 Å². The van der Waals surface area contributed by atoms with E-state index in [9.17, 15) is 0 Å². The molecular formula is C14H28N2. The summed E-state index contributed by atoms with van der Waals surface area (Å²) in [6.07, 6.45) is 5.45. The lowest BCUT2D eigenvalue weighted by molar-refractivity contribution is 0.0923. The first-order valence-corrected chi connectivity index (χ1v) is 6.90. The van der Waals surface area contributed by atoms with Gasteiger partial charge < -0.3 is 5.32 Å². The maximum Gasteiger partial charge on any atom is 0.0246 e. The summed E-state index contributed by atoms with van der Waals surface area (Å²) in [5.74, 6) is 0. The summed E-state index contributed by atoms with van der Waals surface area (Å²) in [5.41, 5.74) is 0.895. The molecule has 16 heavy (non-hydrogen) atoms. The molecule has 2 rings (SSSR count). The van der Waals surface area contributed by atoms with Gasteiger partial charge in [-0.05, 0) is 58.0 Å². The molecule has 2 nitrogen and oxygen atoms in total. The van der Waals surface area contributed by atoms with Crippen LogP contribution in [0.1, 0.15) is 53.4 Å². The molecule has 2 heteroatoms. The van der Waals surface area contributed by atoms with Gasteiger partial charge in [-0.1, -0.05) is 13.8 Å². The van der Waals surface area contributed by atoms with Gasteiger partial charge in [0, 0.05) is 18.1 Å². The average Bonchev–Trinajstić information content (AvgIpc) is 2.49. The standard InChI is InChI=1S/C14H28N2/c1-13(2)7-5-9-15-12(13)11-16-10-6-8-14(16,3)4/h12,15H,5-11H2,1-4H3. The van der Waals surface area contributed by atoms with Crippen LogP contribution in [0, 0.1) is 5.41 Å². The maximum absolute atomic E-state index is 3.73. The van der Waals surface area contributed by atoms with Gasteiger partial charge in [0.1, 0.15) is 0 Å². The third-order valence-corrected chi connectivity index (χ3v) is 4.81. The molecule has 0 bridgehead atoms. The minimum atomic E-state index is 0.426. The van der Waals surface area contributed by atoms with Crippen molar-refractivity contribution in [2.24, 2.45) is 5.41 Å². The zero-order valence-corrected chi connectivity index (χ0v) is 11.5. The van der Waals surface area contributed by atoms with Crippen molar-refractivity contribution in [3.63, 3.8) is 0 Å². The SMILES string of the molecule is CC1(C)CCCNC1CN1CCCC1(C)C. The van der Waals surface area contributed by atoms with E-state index in [1.54, 1.807) is 0 Å². The molecule has 2 saturated heterocycles. The van der Waals surface area contributed by atoms with Crippen molar-refractivity contribution < 1.29 is 0 Å². The van der Waals surface area contributed by atoms with E-state index in [4.69, 9.17) is 0 Å². The predicted octanol–water partition coefficient (Wildman–Crippen LogP) is 2.64. The van der Waals surface area contributed by atoms with Gasteiger partial charge in [-0.3, -0.25) is 4.90 Å². The number of nitrogens with zero attached hydrogens (tertiary/aromatic N) is 1. The van der Waals surface area contributed by atoms with E-state index >= 15 is 0 Å². The Kier molecular flexibility index (Phi) is 3.33. The fraction of sp³-hybridized carbons (Fsp3) is 1.00. The summed E-state index contributed by atoms with van der Waals surface area (Å²) < 4.78 is 0. The van der Waals surface area contributed by atoms with Crippen LogP contribution in [0.3, 0.4) is 0 Å². The molecule has 0 spiro atoms. The zero-order chi connectivity index (χ0) is 11.8. The Morgan fingerprint density at radius 1 is 1.12 bits per heavy atom. The average molecular weight is 224 g/mol. The Labute approximate surface area is 101 Å². The largest absolute Gasteiger partial charge is 0.312 e. The molecule has 0 radical (unpaired) electrons. The minimum Gasteiger partial charge on any atom is -0.312 e. The Balaban J connectivity index is 1.98.